The largest absolute Gasteiger partial charge is 0.392 e. The van der Waals surface area contributed by atoms with Crippen LogP contribution in [0.25, 0.3) is 27.9 Å². The van der Waals surface area contributed by atoms with Crippen LogP contribution in [0.1, 0.15) is 21.5 Å². The molecule has 0 aliphatic carbocycles. The average molecular weight is 347 g/mol. The van der Waals surface area contributed by atoms with Gasteiger partial charge >= 0.3 is 0 Å². The maximum Gasteiger partial charge on any atom is 0.254 e. The number of nitrogen functional groups attached to an aromatic ring is 1. The number of hydrogen-bond donors (Lipinski definition) is 3. The lowest BCUT2D eigenvalue weighted by Crippen LogP contribution is -2.14. The molecular weight excluding hydrogens is 330 g/mol. The number of primary amides is 1. The number of benzene rings is 2. The van der Waals surface area contributed by atoms with Crippen molar-refractivity contribution in [3.05, 3.63) is 59.2 Å². The molecule has 0 aliphatic heterocycles. The summed E-state index contributed by atoms with van der Waals surface area (Å²) < 4.78 is 1.67. The maximum absolute atomic E-state index is 12.0. The first-order valence-corrected chi connectivity index (χ1v) is 8.08. The van der Waals surface area contributed by atoms with E-state index in [9.17, 15) is 9.90 Å². The van der Waals surface area contributed by atoms with E-state index in [2.05, 4.69) is 9.97 Å². The van der Waals surface area contributed by atoms with Crippen molar-refractivity contribution in [2.75, 3.05) is 5.73 Å². The number of nitrogens with two attached hydrogens (primary N) is 2. The number of carbonyl (C=O) groups excluding carboxylic acids is 1. The highest BCUT2D eigenvalue weighted by molar-refractivity contribution is 6.10. The number of aromatic nitrogens is 3. The Morgan fingerprint density at radius 3 is 2.50 bits per heavy atom. The van der Waals surface area contributed by atoms with Gasteiger partial charge in [-0.05, 0) is 36.2 Å². The van der Waals surface area contributed by atoms with Crippen LogP contribution in [0, 0.1) is 6.92 Å². The second kappa shape index (κ2) is 5.82. The molecule has 26 heavy (non-hydrogen) atoms. The fraction of sp³-hybridized carbons (Fsp3) is 0.105. The molecule has 7 nitrogen and oxygen atoms in total. The zero-order valence-corrected chi connectivity index (χ0v) is 14.1. The van der Waals surface area contributed by atoms with E-state index >= 15 is 0 Å². The number of aliphatic hydroxyl groups is 1. The van der Waals surface area contributed by atoms with E-state index < -0.39 is 5.91 Å². The third-order valence-electron chi connectivity index (χ3n) is 4.44. The Bertz CT molecular complexity index is 1180. The minimum absolute atomic E-state index is 0.107. The number of fused-ring (bicyclic) bond motifs is 2. The molecule has 2 aromatic carbocycles. The smallest absolute Gasteiger partial charge is 0.254 e. The molecule has 0 aliphatic rings. The van der Waals surface area contributed by atoms with Gasteiger partial charge in [0.05, 0.1) is 23.3 Å². The van der Waals surface area contributed by atoms with Crippen molar-refractivity contribution in [2.24, 2.45) is 5.73 Å². The normalized spacial score (nSPS) is 11.3. The lowest BCUT2D eigenvalue weighted by molar-refractivity contribution is 0.100. The molecule has 0 spiro atoms. The molecule has 2 aromatic heterocycles. The number of hydrogen-bond acceptors (Lipinski definition) is 5. The van der Waals surface area contributed by atoms with Gasteiger partial charge in [-0.25, -0.2) is 9.97 Å². The first-order chi connectivity index (χ1) is 12.5. The molecule has 0 atom stereocenters. The first kappa shape index (κ1) is 16.0. The van der Waals surface area contributed by atoms with E-state index in [-0.39, 0.29) is 18.0 Å². The number of nitrogens with zero attached hydrogens (tertiary/aromatic N) is 3. The van der Waals surface area contributed by atoms with Crippen LogP contribution >= 0.6 is 0 Å². The van der Waals surface area contributed by atoms with Crippen molar-refractivity contribution in [1.29, 1.82) is 0 Å². The Kier molecular flexibility index (Phi) is 3.59. The third kappa shape index (κ3) is 2.29. The van der Waals surface area contributed by atoms with E-state index in [1.807, 2.05) is 49.4 Å². The molecule has 5 N–H and O–H groups in total. The van der Waals surface area contributed by atoms with Gasteiger partial charge in [0, 0.05) is 0 Å². The topological polar surface area (TPSA) is 120 Å². The van der Waals surface area contributed by atoms with Gasteiger partial charge in [0.25, 0.3) is 5.91 Å². The monoisotopic (exact) mass is 347 g/mol. The fourth-order valence-electron chi connectivity index (χ4n) is 3.14. The van der Waals surface area contributed by atoms with Gasteiger partial charge in [-0.3, -0.25) is 9.36 Å². The number of rotatable bonds is 3. The Labute approximate surface area is 148 Å². The van der Waals surface area contributed by atoms with E-state index in [4.69, 9.17) is 11.5 Å². The highest BCUT2D eigenvalue weighted by atomic mass is 16.3. The standard InChI is InChI=1S/C19H17N5O2/c1-10-6-7-11(9-25)8-14(10)24-17(20)15(18(21)26)16-19(24)23-13-5-3-2-4-12(13)22-16/h2-8,25H,9,20H2,1H3,(H2,21,26). The van der Waals surface area contributed by atoms with E-state index in [1.54, 1.807) is 4.57 Å². The molecule has 0 unspecified atom stereocenters. The predicted octanol–water partition coefficient (Wildman–Crippen LogP) is 2.06. The number of amides is 1. The molecular formula is C19H17N5O2. The average Bonchev–Trinajstić information content (AvgIpc) is 2.91. The molecule has 0 saturated carbocycles. The molecule has 4 aromatic rings. The number of anilines is 1. The molecule has 0 radical (unpaired) electrons. The van der Waals surface area contributed by atoms with Gasteiger partial charge in [0.15, 0.2) is 5.65 Å². The van der Waals surface area contributed by atoms with E-state index in [0.29, 0.717) is 22.2 Å². The van der Waals surface area contributed by atoms with Crippen LogP contribution in [0.4, 0.5) is 5.82 Å². The lowest BCUT2D eigenvalue weighted by atomic mass is 10.1. The summed E-state index contributed by atoms with van der Waals surface area (Å²) in [5, 5.41) is 9.47. The van der Waals surface area contributed by atoms with E-state index in [0.717, 1.165) is 16.8 Å². The maximum atomic E-state index is 12.0. The van der Waals surface area contributed by atoms with Crippen LogP contribution < -0.4 is 11.5 Å². The van der Waals surface area contributed by atoms with Crippen molar-refractivity contribution in [3.63, 3.8) is 0 Å². The highest BCUT2D eigenvalue weighted by Crippen LogP contribution is 2.32. The van der Waals surface area contributed by atoms with Crippen molar-refractivity contribution in [1.82, 2.24) is 14.5 Å². The van der Waals surface area contributed by atoms with Crippen LogP contribution in [0.2, 0.25) is 0 Å². The van der Waals surface area contributed by atoms with Gasteiger partial charge < -0.3 is 16.6 Å². The molecule has 1 amide bonds. The summed E-state index contributed by atoms with van der Waals surface area (Å²) in [4.78, 5) is 21.3. The Morgan fingerprint density at radius 1 is 1.15 bits per heavy atom. The number of para-hydroxylation sites is 2. The van der Waals surface area contributed by atoms with Crippen LogP contribution in [0.15, 0.2) is 42.5 Å². The first-order valence-electron chi connectivity index (χ1n) is 8.08. The summed E-state index contributed by atoms with van der Waals surface area (Å²) in [7, 11) is 0. The number of aliphatic hydroxyl groups excluding tert-OH is 1. The summed E-state index contributed by atoms with van der Waals surface area (Å²) in [5.74, 6) is -0.479. The molecule has 7 heteroatoms. The van der Waals surface area contributed by atoms with Crippen LogP contribution in [-0.2, 0) is 6.61 Å². The van der Waals surface area contributed by atoms with Crippen LogP contribution in [0.5, 0.6) is 0 Å². The quantitative estimate of drug-likeness (QED) is 0.524. The van der Waals surface area contributed by atoms with Crippen molar-refractivity contribution in [3.8, 4) is 5.69 Å². The summed E-state index contributed by atoms with van der Waals surface area (Å²) in [6.07, 6.45) is 0. The highest BCUT2D eigenvalue weighted by Gasteiger charge is 2.24. The summed E-state index contributed by atoms with van der Waals surface area (Å²) in [6.45, 7) is 1.81. The fourth-order valence-corrected chi connectivity index (χ4v) is 3.14. The van der Waals surface area contributed by atoms with Gasteiger partial charge in [0.1, 0.15) is 16.9 Å². The zero-order valence-electron chi connectivity index (χ0n) is 14.1. The zero-order chi connectivity index (χ0) is 18.4. The predicted molar refractivity (Wildman–Crippen MR) is 100.0 cm³/mol. The van der Waals surface area contributed by atoms with Gasteiger partial charge in [0.2, 0.25) is 0 Å². The van der Waals surface area contributed by atoms with Crippen LogP contribution in [0.3, 0.4) is 0 Å². The Hall–Kier alpha value is -3.45. The Morgan fingerprint density at radius 2 is 1.85 bits per heavy atom. The lowest BCUT2D eigenvalue weighted by Gasteiger charge is -2.12. The number of carbonyl (C=O) groups is 1. The molecule has 2 heterocycles. The second-order valence-corrected chi connectivity index (χ2v) is 6.12. The minimum atomic E-state index is -0.660. The molecule has 0 saturated heterocycles. The number of aryl methyl sites for hydroxylation is 1. The third-order valence-corrected chi connectivity index (χ3v) is 4.44. The summed E-state index contributed by atoms with van der Waals surface area (Å²) >= 11 is 0. The van der Waals surface area contributed by atoms with Gasteiger partial charge in [-0.1, -0.05) is 24.3 Å². The van der Waals surface area contributed by atoms with Crippen molar-refractivity contribution < 1.29 is 9.90 Å². The molecule has 130 valence electrons. The van der Waals surface area contributed by atoms with Gasteiger partial charge in [-0.2, -0.15) is 0 Å². The second-order valence-electron chi connectivity index (χ2n) is 6.12. The minimum Gasteiger partial charge on any atom is -0.392 e. The van der Waals surface area contributed by atoms with Crippen LogP contribution in [-0.4, -0.2) is 25.5 Å². The van der Waals surface area contributed by atoms with Crippen molar-refractivity contribution in [2.45, 2.75) is 13.5 Å². The SMILES string of the molecule is Cc1ccc(CO)cc1-n1c(N)c(C(N)=O)c2nc3ccccc3nc21. The summed E-state index contributed by atoms with van der Waals surface area (Å²) in [5.41, 5.74) is 16.5. The Balaban J connectivity index is 2.17. The van der Waals surface area contributed by atoms with Gasteiger partial charge in [-0.15, -0.1) is 0 Å². The molecule has 0 bridgehead atoms. The van der Waals surface area contributed by atoms with E-state index in [1.165, 1.54) is 0 Å². The van der Waals surface area contributed by atoms with Crippen molar-refractivity contribution >= 4 is 33.9 Å². The summed E-state index contributed by atoms with van der Waals surface area (Å²) in [6, 6.07) is 12.9. The molecule has 4 rings (SSSR count). The molecule has 0 fully saturated rings.